The lowest BCUT2D eigenvalue weighted by Crippen LogP contribution is -2.53. The number of hydrogen-bond acceptors (Lipinski definition) is 5. The molecule has 3 rings (SSSR count). The minimum absolute atomic E-state index is 0.0412. The molecule has 0 aliphatic carbocycles. The number of anilines is 1. The monoisotopic (exact) mass is 612 g/mol. The largest absolute Gasteiger partial charge is 0.487 e. The zero-order valence-electron chi connectivity index (χ0n) is 23.8. The van der Waals surface area contributed by atoms with E-state index in [-0.39, 0.29) is 36.9 Å². The Labute approximate surface area is 244 Å². The Bertz CT molecular complexity index is 1340. The fourth-order valence-electron chi connectivity index (χ4n) is 4.53. The maximum Gasteiger partial charge on any atom is 0.313 e. The van der Waals surface area contributed by atoms with E-state index in [4.69, 9.17) is 4.74 Å². The molecule has 0 radical (unpaired) electrons. The molecule has 0 spiro atoms. The van der Waals surface area contributed by atoms with E-state index in [1.165, 1.54) is 18.2 Å². The van der Waals surface area contributed by atoms with Crippen LogP contribution in [-0.4, -0.2) is 48.9 Å². The van der Waals surface area contributed by atoms with Crippen molar-refractivity contribution >= 4 is 29.3 Å². The second-order valence-corrected chi connectivity index (χ2v) is 11.4. The van der Waals surface area contributed by atoms with Crippen LogP contribution in [-0.2, 0) is 19.2 Å². The molecular formula is C29H33F5N4O5. The lowest BCUT2D eigenvalue weighted by molar-refractivity contribution is -0.138. The van der Waals surface area contributed by atoms with E-state index in [2.05, 4.69) is 21.3 Å². The molecule has 2 aromatic carbocycles. The SMILES string of the molecule is CC(C)(C)C[C@H](NC(=O)C(=O)Nc1ccccc1F)C(=O)N[C@H](CCOc1c(F)c(F)cc(F)c1F)C[C@@H]1CCNC1=O. The van der Waals surface area contributed by atoms with Crippen molar-refractivity contribution in [3.05, 3.63) is 59.4 Å². The topological polar surface area (TPSA) is 126 Å². The van der Waals surface area contributed by atoms with Gasteiger partial charge in [-0.1, -0.05) is 32.9 Å². The summed E-state index contributed by atoms with van der Waals surface area (Å²) in [6.45, 7) is 5.26. The van der Waals surface area contributed by atoms with Gasteiger partial charge in [-0.2, -0.15) is 8.78 Å². The van der Waals surface area contributed by atoms with E-state index in [0.717, 1.165) is 6.07 Å². The maximum absolute atomic E-state index is 14.0. The molecule has 1 aliphatic heterocycles. The third kappa shape index (κ3) is 9.38. The average Bonchev–Trinajstić information content (AvgIpc) is 3.33. The first-order chi connectivity index (χ1) is 20.2. The summed E-state index contributed by atoms with van der Waals surface area (Å²) in [6.07, 6.45) is 0.441. The van der Waals surface area contributed by atoms with Crippen molar-refractivity contribution in [2.45, 2.75) is 58.5 Å². The van der Waals surface area contributed by atoms with Gasteiger partial charge in [0, 0.05) is 31.0 Å². The average molecular weight is 613 g/mol. The number of nitrogens with one attached hydrogen (secondary N) is 4. The van der Waals surface area contributed by atoms with E-state index in [9.17, 15) is 41.1 Å². The van der Waals surface area contributed by atoms with Gasteiger partial charge in [0.15, 0.2) is 17.4 Å². The molecule has 4 N–H and O–H groups in total. The molecule has 1 heterocycles. The second kappa shape index (κ2) is 14.3. The molecule has 43 heavy (non-hydrogen) atoms. The highest BCUT2D eigenvalue weighted by Gasteiger charge is 2.33. The minimum Gasteiger partial charge on any atom is -0.487 e. The highest BCUT2D eigenvalue weighted by molar-refractivity contribution is 6.40. The van der Waals surface area contributed by atoms with Gasteiger partial charge < -0.3 is 26.0 Å². The highest BCUT2D eigenvalue weighted by Crippen LogP contribution is 2.27. The quantitative estimate of drug-likeness (QED) is 0.175. The molecule has 0 aromatic heterocycles. The third-order valence-electron chi connectivity index (χ3n) is 6.63. The van der Waals surface area contributed by atoms with Gasteiger partial charge in [0.25, 0.3) is 0 Å². The van der Waals surface area contributed by atoms with Crippen LogP contribution in [0.1, 0.15) is 46.5 Å². The van der Waals surface area contributed by atoms with E-state index in [1.807, 2.05) is 0 Å². The normalized spacial score (nSPS) is 16.2. The molecule has 0 unspecified atom stereocenters. The molecule has 3 atom stereocenters. The van der Waals surface area contributed by atoms with Crippen molar-refractivity contribution in [3.8, 4) is 5.75 Å². The lowest BCUT2D eigenvalue weighted by atomic mass is 9.87. The molecular weight excluding hydrogens is 579 g/mol. The number of amides is 4. The molecule has 1 aliphatic rings. The van der Waals surface area contributed by atoms with Crippen LogP contribution in [0.15, 0.2) is 30.3 Å². The zero-order chi connectivity index (χ0) is 31.9. The third-order valence-corrected chi connectivity index (χ3v) is 6.63. The van der Waals surface area contributed by atoms with Crippen LogP contribution in [0.2, 0.25) is 0 Å². The Kier molecular flexibility index (Phi) is 11.1. The summed E-state index contributed by atoms with van der Waals surface area (Å²) in [4.78, 5) is 50.8. The van der Waals surface area contributed by atoms with E-state index >= 15 is 0 Å². The number of benzene rings is 2. The van der Waals surface area contributed by atoms with Crippen molar-refractivity contribution < 1.29 is 45.9 Å². The summed E-state index contributed by atoms with van der Waals surface area (Å²) < 4.78 is 74.2. The predicted octanol–water partition coefficient (Wildman–Crippen LogP) is 3.72. The van der Waals surface area contributed by atoms with Crippen molar-refractivity contribution in [3.63, 3.8) is 0 Å². The van der Waals surface area contributed by atoms with Crippen LogP contribution in [0.3, 0.4) is 0 Å². The number of rotatable bonds is 11. The fraction of sp³-hybridized carbons (Fsp3) is 0.448. The molecule has 0 bridgehead atoms. The highest BCUT2D eigenvalue weighted by atomic mass is 19.2. The predicted molar refractivity (Wildman–Crippen MR) is 145 cm³/mol. The van der Waals surface area contributed by atoms with Crippen LogP contribution < -0.4 is 26.0 Å². The number of carbonyl (C=O) groups is 4. The summed E-state index contributed by atoms with van der Waals surface area (Å²) in [5, 5.41) is 9.84. The molecule has 1 fully saturated rings. The number of ether oxygens (including phenoxy) is 1. The molecule has 9 nitrogen and oxygen atoms in total. The summed E-state index contributed by atoms with van der Waals surface area (Å²) >= 11 is 0. The Hall–Kier alpha value is -4.23. The van der Waals surface area contributed by atoms with Gasteiger partial charge in [0.05, 0.1) is 12.3 Å². The first kappa shape index (κ1) is 33.3. The minimum atomic E-state index is -1.73. The molecule has 0 saturated carbocycles. The van der Waals surface area contributed by atoms with E-state index in [0.29, 0.717) is 13.0 Å². The first-order valence-corrected chi connectivity index (χ1v) is 13.6. The van der Waals surface area contributed by atoms with E-state index < -0.39 is 82.6 Å². The molecule has 4 amide bonds. The van der Waals surface area contributed by atoms with Gasteiger partial charge in [-0.05, 0) is 36.8 Å². The van der Waals surface area contributed by atoms with Crippen molar-refractivity contribution in [2.75, 3.05) is 18.5 Å². The Morgan fingerprint density at radius 2 is 1.63 bits per heavy atom. The Morgan fingerprint density at radius 3 is 2.21 bits per heavy atom. The van der Waals surface area contributed by atoms with Crippen LogP contribution in [0.5, 0.6) is 5.75 Å². The van der Waals surface area contributed by atoms with Gasteiger partial charge in [0.2, 0.25) is 23.4 Å². The summed E-state index contributed by atoms with van der Waals surface area (Å²) in [7, 11) is 0. The molecule has 234 valence electrons. The lowest BCUT2D eigenvalue weighted by Gasteiger charge is -2.28. The summed E-state index contributed by atoms with van der Waals surface area (Å²) in [6, 6.07) is 3.12. The van der Waals surface area contributed by atoms with Gasteiger partial charge in [-0.25, -0.2) is 13.2 Å². The number of para-hydroxylation sites is 1. The standard InChI is InChI=1S/C29H33F5N4O5/c1-29(2,3)14-21(38-28(42)27(41)37-20-7-5-4-6-17(20)30)26(40)36-16(12-15-8-10-35-25(15)39)9-11-43-24-22(33)18(31)13-19(32)23(24)34/h4-7,13,15-16,21H,8-12,14H2,1-3H3,(H,35,39)(H,36,40)(H,37,41)(H,38,42)/t15-,16+,21-/m0/s1. The molecule has 14 heteroatoms. The first-order valence-electron chi connectivity index (χ1n) is 13.6. The van der Waals surface area contributed by atoms with Crippen LogP contribution >= 0.6 is 0 Å². The van der Waals surface area contributed by atoms with Gasteiger partial charge in [-0.15, -0.1) is 0 Å². The smallest absolute Gasteiger partial charge is 0.313 e. The van der Waals surface area contributed by atoms with Gasteiger partial charge in [0.1, 0.15) is 11.9 Å². The Balaban J connectivity index is 1.74. The summed E-state index contributed by atoms with van der Waals surface area (Å²) in [5.74, 6) is -12.7. The fourth-order valence-corrected chi connectivity index (χ4v) is 4.53. The Morgan fingerprint density at radius 1 is 0.977 bits per heavy atom. The van der Waals surface area contributed by atoms with Gasteiger partial charge >= 0.3 is 11.8 Å². The van der Waals surface area contributed by atoms with Crippen LogP contribution in [0, 0.1) is 40.4 Å². The number of hydrogen-bond donors (Lipinski definition) is 4. The number of carbonyl (C=O) groups excluding carboxylic acids is 4. The zero-order valence-corrected chi connectivity index (χ0v) is 23.8. The van der Waals surface area contributed by atoms with Crippen molar-refractivity contribution in [1.29, 1.82) is 0 Å². The van der Waals surface area contributed by atoms with Crippen molar-refractivity contribution in [2.24, 2.45) is 11.3 Å². The molecule has 2 aromatic rings. The summed E-state index contributed by atoms with van der Waals surface area (Å²) in [5.41, 5.74) is -0.766. The van der Waals surface area contributed by atoms with Crippen molar-refractivity contribution in [1.82, 2.24) is 16.0 Å². The van der Waals surface area contributed by atoms with Gasteiger partial charge in [-0.3, -0.25) is 19.2 Å². The second-order valence-electron chi connectivity index (χ2n) is 11.4. The van der Waals surface area contributed by atoms with E-state index in [1.54, 1.807) is 20.8 Å². The van der Waals surface area contributed by atoms with Crippen LogP contribution in [0.4, 0.5) is 27.6 Å². The van der Waals surface area contributed by atoms with Crippen LogP contribution in [0.25, 0.3) is 0 Å². The number of halogens is 5. The molecule has 1 saturated heterocycles. The maximum atomic E-state index is 14.0.